The van der Waals surface area contributed by atoms with E-state index in [1.54, 1.807) is 19.2 Å². The van der Waals surface area contributed by atoms with Crippen LogP contribution in [0.15, 0.2) is 42.5 Å². The molecule has 28 heavy (non-hydrogen) atoms. The number of anilines is 3. The normalized spacial score (nSPS) is 16.0. The molecule has 0 radical (unpaired) electrons. The fraction of sp³-hybridized carbons (Fsp3) is 0.364. The Morgan fingerprint density at radius 2 is 1.86 bits per heavy atom. The van der Waals surface area contributed by atoms with E-state index in [9.17, 15) is 9.59 Å². The Balaban J connectivity index is 1.47. The zero-order valence-electron chi connectivity index (χ0n) is 16.0. The minimum absolute atomic E-state index is 0.149. The van der Waals surface area contributed by atoms with Crippen LogP contribution in [0.4, 0.5) is 21.9 Å². The quantitative estimate of drug-likeness (QED) is 0.826. The lowest BCUT2D eigenvalue weighted by molar-refractivity contribution is -0.122. The maximum atomic E-state index is 12.9. The second-order valence-corrected chi connectivity index (χ2v) is 7.34. The van der Waals surface area contributed by atoms with Crippen LogP contribution in [0.1, 0.15) is 31.2 Å². The van der Waals surface area contributed by atoms with Crippen molar-refractivity contribution in [2.75, 3.05) is 29.2 Å². The van der Waals surface area contributed by atoms with Crippen molar-refractivity contribution in [3.8, 4) is 5.75 Å². The van der Waals surface area contributed by atoms with Gasteiger partial charge in [-0.15, -0.1) is 0 Å². The number of amides is 3. The van der Waals surface area contributed by atoms with Crippen molar-refractivity contribution in [1.82, 2.24) is 0 Å². The van der Waals surface area contributed by atoms with Gasteiger partial charge in [0.2, 0.25) is 5.91 Å². The molecule has 0 bridgehead atoms. The maximum absolute atomic E-state index is 12.9. The number of hydrogen-bond donors (Lipinski definition) is 2. The molecule has 0 unspecified atom stereocenters. The highest BCUT2D eigenvalue weighted by atomic mass is 16.5. The molecule has 6 heteroatoms. The van der Waals surface area contributed by atoms with Crippen molar-refractivity contribution in [3.05, 3.63) is 48.0 Å². The number of rotatable bonds is 4. The monoisotopic (exact) mass is 379 g/mol. The van der Waals surface area contributed by atoms with E-state index in [-0.39, 0.29) is 17.9 Å². The molecule has 1 heterocycles. The van der Waals surface area contributed by atoms with Crippen molar-refractivity contribution < 1.29 is 14.3 Å². The zero-order valence-corrected chi connectivity index (χ0v) is 16.0. The average Bonchev–Trinajstić information content (AvgIpc) is 3.38. The molecule has 4 rings (SSSR count). The van der Waals surface area contributed by atoms with Gasteiger partial charge in [0, 0.05) is 23.8 Å². The first-order valence-corrected chi connectivity index (χ1v) is 9.81. The van der Waals surface area contributed by atoms with Gasteiger partial charge in [0.05, 0.1) is 12.8 Å². The Hall–Kier alpha value is -3.02. The molecule has 2 aromatic rings. The molecule has 3 amide bonds. The van der Waals surface area contributed by atoms with Crippen LogP contribution in [0.25, 0.3) is 0 Å². The minimum Gasteiger partial charge on any atom is -0.495 e. The van der Waals surface area contributed by atoms with Crippen molar-refractivity contribution >= 4 is 29.0 Å². The lowest BCUT2D eigenvalue weighted by Gasteiger charge is -2.21. The SMILES string of the molecule is COc1ccccc1NC(=O)Nc1ccc2c(c1)N(C(=O)C1CCCC1)CC2. The third-order valence-corrected chi connectivity index (χ3v) is 5.56. The number of ether oxygens (including phenoxy) is 1. The van der Waals surface area contributed by atoms with Crippen molar-refractivity contribution in [3.63, 3.8) is 0 Å². The van der Waals surface area contributed by atoms with Crippen LogP contribution < -0.4 is 20.3 Å². The summed E-state index contributed by atoms with van der Waals surface area (Å²) in [6, 6.07) is 12.7. The van der Waals surface area contributed by atoms with Crippen LogP contribution >= 0.6 is 0 Å². The van der Waals surface area contributed by atoms with Gasteiger partial charge in [-0.25, -0.2) is 4.79 Å². The molecule has 2 aromatic carbocycles. The van der Waals surface area contributed by atoms with E-state index in [2.05, 4.69) is 10.6 Å². The molecule has 0 saturated heterocycles. The molecule has 6 nitrogen and oxygen atoms in total. The fourth-order valence-electron chi connectivity index (χ4n) is 4.11. The van der Waals surface area contributed by atoms with Crippen LogP contribution in [-0.2, 0) is 11.2 Å². The number of urea groups is 1. The number of nitrogens with zero attached hydrogens (tertiary/aromatic N) is 1. The van der Waals surface area contributed by atoms with Crippen LogP contribution in [0, 0.1) is 5.92 Å². The highest BCUT2D eigenvalue weighted by Crippen LogP contribution is 2.35. The minimum atomic E-state index is -0.351. The van der Waals surface area contributed by atoms with E-state index < -0.39 is 0 Å². The van der Waals surface area contributed by atoms with E-state index in [1.807, 2.05) is 35.2 Å². The molecule has 2 aliphatic rings. The Bertz CT molecular complexity index is 890. The Morgan fingerprint density at radius 1 is 1.07 bits per heavy atom. The highest BCUT2D eigenvalue weighted by molar-refractivity contribution is 6.02. The molecular weight excluding hydrogens is 354 g/mol. The van der Waals surface area contributed by atoms with Crippen LogP contribution in [0.2, 0.25) is 0 Å². The molecule has 1 aliphatic carbocycles. The van der Waals surface area contributed by atoms with Gasteiger partial charge in [0.15, 0.2) is 0 Å². The number of carbonyl (C=O) groups is 2. The van der Waals surface area contributed by atoms with E-state index in [1.165, 1.54) is 0 Å². The van der Waals surface area contributed by atoms with E-state index in [0.717, 1.165) is 49.9 Å². The van der Waals surface area contributed by atoms with Crippen molar-refractivity contribution in [2.45, 2.75) is 32.1 Å². The lowest BCUT2D eigenvalue weighted by atomic mass is 10.1. The van der Waals surface area contributed by atoms with Crippen molar-refractivity contribution in [2.24, 2.45) is 5.92 Å². The van der Waals surface area contributed by atoms with E-state index >= 15 is 0 Å². The lowest BCUT2D eigenvalue weighted by Crippen LogP contribution is -2.33. The molecular formula is C22H25N3O3. The van der Waals surface area contributed by atoms with Gasteiger partial charge in [0.25, 0.3) is 0 Å². The summed E-state index contributed by atoms with van der Waals surface area (Å²) in [4.78, 5) is 27.2. The maximum Gasteiger partial charge on any atom is 0.323 e. The Morgan fingerprint density at radius 3 is 2.64 bits per heavy atom. The van der Waals surface area contributed by atoms with Gasteiger partial charge >= 0.3 is 6.03 Å². The van der Waals surface area contributed by atoms with Gasteiger partial charge in [-0.3, -0.25) is 4.79 Å². The predicted molar refractivity (Wildman–Crippen MR) is 110 cm³/mol. The standard InChI is InChI=1S/C22H25N3O3/c1-28-20-9-5-4-8-18(20)24-22(27)23-17-11-10-15-12-13-25(19(15)14-17)21(26)16-6-2-3-7-16/h4-5,8-11,14,16H,2-3,6-7,12-13H2,1H3,(H2,23,24,27). The number of fused-ring (bicyclic) bond motifs is 1. The third kappa shape index (κ3) is 3.67. The zero-order chi connectivity index (χ0) is 19.5. The number of methoxy groups -OCH3 is 1. The predicted octanol–water partition coefficient (Wildman–Crippen LogP) is 4.42. The van der Waals surface area contributed by atoms with E-state index in [4.69, 9.17) is 4.74 Å². The van der Waals surface area contributed by atoms with E-state index in [0.29, 0.717) is 17.1 Å². The Labute approximate surface area is 164 Å². The average molecular weight is 379 g/mol. The molecule has 0 atom stereocenters. The van der Waals surface area contributed by atoms with Gasteiger partial charge in [0.1, 0.15) is 5.75 Å². The highest BCUT2D eigenvalue weighted by Gasteiger charge is 2.32. The number of benzene rings is 2. The topological polar surface area (TPSA) is 70.7 Å². The summed E-state index contributed by atoms with van der Waals surface area (Å²) in [6.07, 6.45) is 5.12. The van der Waals surface area contributed by atoms with Crippen LogP contribution in [0.5, 0.6) is 5.75 Å². The number of hydrogen-bond acceptors (Lipinski definition) is 3. The van der Waals surface area contributed by atoms with Crippen molar-refractivity contribution in [1.29, 1.82) is 0 Å². The summed E-state index contributed by atoms with van der Waals surface area (Å²) < 4.78 is 5.26. The molecule has 1 saturated carbocycles. The molecule has 1 aliphatic heterocycles. The fourth-order valence-corrected chi connectivity index (χ4v) is 4.11. The summed E-state index contributed by atoms with van der Waals surface area (Å²) in [6.45, 7) is 0.724. The first-order valence-electron chi connectivity index (χ1n) is 9.81. The molecule has 0 spiro atoms. The third-order valence-electron chi connectivity index (χ3n) is 5.56. The second-order valence-electron chi connectivity index (χ2n) is 7.34. The number of nitrogens with one attached hydrogen (secondary N) is 2. The van der Waals surface area contributed by atoms with Gasteiger partial charge < -0.3 is 20.3 Å². The van der Waals surface area contributed by atoms with Gasteiger partial charge in [-0.1, -0.05) is 31.0 Å². The van der Waals surface area contributed by atoms with Gasteiger partial charge in [-0.05, 0) is 49.1 Å². The summed E-state index contributed by atoms with van der Waals surface area (Å²) in [5.41, 5.74) is 3.34. The Kier molecular flexibility index (Phi) is 5.19. The number of para-hydroxylation sites is 2. The molecule has 0 aromatic heterocycles. The summed E-state index contributed by atoms with van der Waals surface area (Å²) >= 11 is 0. The second kappa shape index (κ2) is 7.92. The summed E-state index contributed by atoms with van der Waals surface area (Å²) in [5.74, 6) is 0.975. The first kappa shape index (κ1) is 18.3. The largest absolute Gasteiger partial charge is 0.495 e. The first-order chi connectivity index (χ1) is 13.7. The summed E-state index contributed by atoms with van der Waals surface area (Å²) in [5, 5.41) is 5.66. The van der Waals surface area contributed by atoms with Gasteiger partial charge in [-0.2, -0.15) is 0 Å². The van der Waals surface area contributed by atoms with Crippen LogP contribution in [0.3, 0.4) is 0 Å². The van der Waals surface area contributed by atoms with Crippen LogP contribution in [-0.4, -0.2) is 25.6 Å². The molecule has 2 N–H and O–H groups in total. The molecule has 1 fully saturated rings. The number of carbonyl (C=O) groups excluding carboxylic acids is 2. The summed E-state index contributed by atoms with van der Waals surface area (Å²) in [7, 11) is 1.56. The smallest absolute Gasteiger partial charge is 0.323 e. The molecule has 146 valence electrons.